The fourth-order valence-corrected chi connectivity index (χ4v) is 7.11. The Labute approximate surface area is 359 Å². The monoisotopic (exact) mass is 791 g/mol. The fourth-order valence-electron chi connectivity index (χ4n) is 7.11. The third kappa shape index (κ3) is 10.1. The molecule has 298 valence electrons. The lowest BCUT2D eigenvalue weighted by atomic mass is 9.96. The van der Waals surface area contributed by atoms with Crippen LogP contribution < -0.4 is 15.4 Å². The highest BCUT2D eigenvalue weighted by atomic mass is 16.5. The molecule has 0 saturated carbocycles. The van der Waals surface area contributed by atoms with Crippen LogP contribution in [0.4, 0.5) is 17.1 Å². The van der Waals surface area contributed by atoms with E-state index in [0.717, 1.165) is 51.8 Å². The van der Waals surface area contributed by atoms with E-state index in [9.17, 15) is 0 Å². The average molecular weight is 792 g/mol. The summed E-state index contributed by atoms with van der Waals surface area (Å²) in [5, 5.41) is 9.53. The van der Waals surface area contributed by atoms with Crippen LogP contribution in [-0.2, 0) is 0 Å². The van der Waals surface area contributed by atoms with Gasteiger partial charge in [0.05, 0.1) is 5.56 Å². The third-order valence-corrected chi connectivity index (χ3v) is 10.1. The lowest BCUT2D eigenvalue weighted by Crippen LogP contribution is -2.08. The first-order valence-electron chi connectivity index (χ1n) is 20.3. The van der Waals surface area contributed by atoms with E-state index >= 15 is 0 Å². The Kier molecular flexibility index (Phi) is 13.8. The largest absolute Gasteiger partial charge is 0.456 e. The van der Waals surface area contributed by atoms with Gasteiger partial charge in [-0.2, -0.15) is 0 Å². The molecule has 1 aromatic heterocycles. The Hall–Kier alpha value is -8.08. The number of H-pyrrole nitrogens is 1. The molecule has 3 heterocycles. The second kappa shape index (κ2) is 20.6. The van der Waals surface area contributed by atoms with Crippen molar-refractivity contribution in [1.29, 1.82) is 0 Å². The van der Waals surface area contributed by atoms with E-state index in [1.807, 2.05) is 85.0 Å². The highest BCUT2D eigenvalue weighted by Gasteiger charge is 2.22. The minimum atomic E-state index is 0.811. The first kappa shape index (κ1) is 41.1. The van der Waals surface area contributed by atoms with Crippen molar-refractivity contribution in [1.82, 2.24) is 4.98 Å². The molecule has 10 rings (SSSR count). The van der Waals surface area contributed by atoms with Crippen molar-refractivity contribution in [3.05, 3.63) is 256 Å². The lowest BCUT2D eigenvalue weighted by molar-refractivity contribution is 0.465. The highest BCUT2D eigenvalue weighted by molar-refractivity contribution is 6.08. The van der Waals surface area contributed by atoms with Gasteiger partial charge in [0.15, 0.2) is 0 Å². The molecule has 4 heteroatoms. The number of fused-ring (bicyclic) bond motifs is 5. The molecule has 0 radical (unpaired) electrons. The minimum absolute atomic E-state index is 0.811. The average Bonchev–Trinajstić information content (AvgIpc) is 3.73. The van der Waals surface area contributed by atoms with Gasteiger partial charge in [0.1, 0.15) is 11.5 Å². The zero-order chi connectivity index (χ0) is 42.2. The SMILES string of the molecule is C=C.C=C/C=C\C=C1/Oc2ccc(Nc3ccccc3-c3ccccc3)cc21.C=C1/C=C\C=C/CNc2ccc(-c3ccc4[nH]c5ccccc5c4c3)cc21.c1ccccc1. The van der Waals surface area contributed by atoms with Crippen molar-refractivity contribution in [3.8, 4) is 28.0 Å². The van der Waals surface area contributed by atoms with E-state index in [-0.39, 0.29) is 0 Å². The summed E-state index contributed by atoms with van der Waals surface area (Å²) in [5.74, 6) is 1.78. The summed E-state index contributed by atoms with van der Waals surface area (Å²) in [5.41, 5.74) is 13.6. The molecule has 4 nitrogen and oxygen atoms in total. The zero-order valence-corrected chi connectivity index (χ0v) is 34.2. The molecule has 8 aromatic rings. The van der Waals surface area contributed by atoms with Crippen LogP contribution in [0.2, 0.25) is 0 Å². The molecular formula is C57H49N3O. The Morgan fingerprint density at radius 3 is 2.07 bits per heavy atom. The molecule has 0 aliphatic carbocycles. The normalized spacial score (nSPS) is 13.9. The van der Waals surface area contributed by atoms with Crippen molar-refractivity contribution in [2.24, 2.45) is 0 Å². The maximum atomic E-state index is 5.68. The number of aromatic nitrogens is 1. The van der Waals surface area contributed by atoms with Crippen LogP contribution in [0, 0.1) is 0 Å². The molecular weight excluding hydrogens is 743 g/mol. The molecule has 0 fully saturated rings. The van der Waals surface area contributed by atoms with Gasteiger partial charge in [0, 0.05) is 56.5 Å². The summed E-state index contributed by atoms with van der Waals surface area (Å²) in [4.78, 5) is 3.50. The number of aromatic amines is 1. The van der Waals surface area contributed by atoms with Crippen molar-refractivity contribution in [2.75, 3.05) is 17.2 Å². The number of ether oxygens (including phenoxy) is 1. The number of rotatable bonds is 6. The summed E-state index contributed by atoms with van der Waals surface area (Å²) in [6.45, 7) is 14.7. The Balaban J connectivity index is 0.000000156. The second-order valence-electron chi connectivity index (χ2n) is 14.0. The number of anilines is 3. The summed E-state index contributed by atoms with van der Waals surface area (Å²) in [7, 11) is 0. The van der Waals surface area contributed by atoms with Gasteiger partial charge in [-0.1, -0.05) is 171 Å². The van der Waals surface area contributed by atoms with E-state index in [2.05, 4.69) is 169 Å². The van der Waals surface area contributed by atoms with Crippen molar-refractivity contribution < 1.29 is 4.74 Å². The van der Waals surface area contributed by atoms with Gasteiger partial charge in [-0.25, -0.2) is 0 Å². The molecule has 2 aliphatic heterocycles. The van der Waals surface area contributed by atoms with E-state index in [0.29, 0.717) is 0 Å². The van der Waals surface area contributed by atoms with E-state index in [1.54, 1.807) is 6.08 Å². The quantitative estimate of drug-likeness (QED) is 0.116. The van der Waals surface area contributed by atoms with Crippen molar-refractivity contribution >= 4 is 50.2 Å². The molecule has 3 N–H and O–H groups in total. The van der Waals surface area contributed by atoms with Crippen LogP contribution in [-0.4, -0.2) is 11.5 Å². The second-order valence-corrected chi connectivity index (χ2v) is 14.0. The minimum Gasteiger partial charge on any atom is -0.456 e. The van der Waals surface area contributed by atoms with E-state index in [4.69, 9.17) is 4.74 Å². The van der Waals surface area contributed by atoms with Gasteiger partial charge in [-0.3, -0.25) is 0 Å². The lowest BCUT2D eigenvalue weighted by Gasteiger charge is -2.24. The fraction of sp³-hybridized carbons (Fsp3) is 0.0175. The predicted octanol–water partition coefficient (Wildman–Crippen LogP) is 15.6. The zero-order valence-electron chi connectivity index (χ0n) is 34.2. The van der Waals surface area contributed by atoms with Crippen LogP contribution in [0.5, 0.6) is 5.75 Å². The summed E-state index contributed by atoms with van der Waals surface area (Å²) in [6, 6.07) is 58.5. The number of hydrogen-bond acceptors (Lipinski definition) is 3. The summed E-state index contributed by atoms with van der Waals surface area (Å²) >= 11 is 0. The first-order valence-corrected chi connectivity index (χ1v) is 20.3. The smallest absolute Gasteiger partial charge is 0.138 e. The number of benzene rings is 7. The summed E-state index contributed by atoms with van der Waals surface area (Å²) < 4.78 is 5.68. The van der Waals surface area contributed by atoms with Gasteiger partial charge < -0.3 is 20.4 Å². The van der Waals surface area contributed by atoms with Gasteiger partial charge in [-0.05, 0) is 82.9 Å². The topological polar surface area (TPSA) is 49.1 Å². The molecule has 0 saturated heterocycles. The van der Waals surface area contributed by atoms with Crippen molar-refractivity contribution in [2.45, 2.75) is 0 Å². The van der Waals surface area contributed by atoms with Crippen LogP contribution in [0.1, 0.15) is 11.1 Å². The Morgan fingerprint density at radius 2 is 1.26 bits per heavy atom. The predicted molar refractivity (Wildman–Crippen MR) is 264 cm³/mol. The summed E-state index contributed by atoms with van der Waals surface area (Å²) in [6.07, 6.45) is 15.8. The van der Waals surface area contributed by atoms with Gasteiger partial charge >= 0.3 is 0 Å². The van der Waals surface area contributed by atoms with E-state index < -0.39 is 0 Å². The molecule has 2 aliphatic rings. The first-order chi connectivity index (χ1) is 30.1. The van der Waals surface area contributed by atoms with Gasteiger partial charge in [0.2, 0.25) is 0 Å². The highest BCUT2D eigenvalue weighted by Crippen LogP contribution is 2.41. The van der Waals surface area contributed by atoms with Gasteiger partial charge in [-0.15, -0.1) is 13.2 Å². The standard InChI is InChI=1S/C25H20N2.C24H19NO.C6H6.C2H4/c1-17-7-3-2-6-14-26-23-12-10-18(15-21(17)23)19-11-13-25-22(16-19)20-8-4-5-9-24(20)27-25;1-2-3-5-14-23-21-17-19(15-16-24(21)26-23)25-22-13-9-8-12-20(22)18-10-6-4-7-11-18;1-2-4-6-5-3-1;1-2/h2-13,15-16,26-27H,1,14H2;2-17,25H,1H2;1-6H;1-2H2/b6-2-,7-3-;5-3-,23-14-;;. The van der Waals surface area contributed by atoms with Gasteiger partial charge in [0.25, 0.3) is 0 Å². The Morgan fingerprint density at radius 1 is 0.574 bits per heavy atom. The molecule has 7 aromatic carbocycles. The molecule has 0 bridgehead atoms. The number of allylic oxidation sites excluding steroid dienone is 8. The van der Waals surface area contributed by atoms with Crippen LogP contribution >= 0.6 is 0 Å². The molecule has 0 spiro atoms. The maximum Gasteiger partial charge on any atom is 0.138 e. The van der Waals surface area contributed by atoms with Crippen molar-refractivity contribution in [3.63, 3.8) is 0 Å². The molecule has 0 atom stereocenters. The molecule has 0 unspecified atom stereocenters. The van der Waals surface area contributed by atoms with E-state index in [1.165, 1.54) is 44.1 Å². The number of para-hydroxylation sites is 2. The number of nitrogens with one attached hydrogen (secondary N) is 3. The number of hydrogen-bond donors (Lipinski definition) is 3. The molecule has 61 heavy (non-hydrogen) atoms. The Bertz CT molecular complexity index is 2850. The third-order valence-electron chi connectivity index (χ3n) is 10.1. The van der Waals surface area contributed by atoms with Crippen LogP contribution in [0.3, 0.4) is 0 Å². The van der Waals surface area contributed by atoms with Crippen LogP contribution in [0.25, 0.3) is 55.4 Å². The maximum absolute atomic E-state index is 5.68. The van der Waals surface area contributed by atoms with Crippen LogP contribution in [0.15, 0.2) is 245 Å². The molecule has 0 amide bonds.